The third-order valence-corrected chi connectivity index (χ3v) is 5.60. The van der Waals surface area contributed by atoms with E-state index >= 15 is 0 Å². The van der Waals surface area contributed by atoms with Gasteiger partial charge in [-0.15, -0.1) is 0 Å². The molecule has 0 radical (unpaired) electrons. The summed E-state index contributed by atoms with van der Waals surface area (Å²) >= 11 is 0. The van der Waals surface area contributed by atoms with Crippen LogP contribution in [-0.4, -0.2) is 48.4 Å². The Morgan fingerprint density at radius 3 is 1.31 bits per heavy atom. The number of Topliss-reactive ketones (excluding diaryl/α,β-unsaturated/α-hetero) is 3. The Kier molecular flexibility index (Phi) is 20.6. The first-order valence-corrected chi connectivity index (χ1v) is 14.0. The monoisotopic (exact) mass is 616 g/mol. The van der Waals surface area contributed by atoms with E-state index in [0.29, 0.717) is 18.5 Å². The lowest BCUT2D eigenvalue weighted by Crippen LogP contribution is -2.03. The summed E-state index contributed by atoms with van der Waals surface area (Å²) in [7, 11) is 0. The molecule has 6 N–H and O–H groups in total. The Labute approximate surface area is 267 Å². The van der Waals surface area contributed by atoms with Crippen LogP contribution in [0.1, 0.15) is 82.2 Å². The van der Waals surface area contributed by atoms with Gasteiger partial charge in [-0.2, -0.15) is 10.2 Å². The summed E-state index contributed by atoms with van der Waals surface area (Å²) in [4.78, 5) is 43.1. The van der Waals surface area contributed by atoms with Crippen molar-refractivity contribution in [3.8, 4) is 0 Å². The first-order valence-electron chi connectivity index (χ1n) is 14.0. The highest BCUT2D eigenvalue weighted by Gasteiger charge is 2.02. The lowest BCUT2D eigenvalue weighted by molar-refractivity contribution is -0.122. The topological polar surface area (TPSA) is 198 Å². The molecule has 12 heteroatoms. The minimum atomic E-state index is 0. The predicted molar refractivity (Wildman–Crippen MR) is 181 cm³/mol. The number of aryl methyl sites for hydroxylation is 2. The summed E-state index contributed by atoms with van der Waals surface area (Å²) in [6.45, 7) is 12.4. The van der Waals surface area contributed by atoms with E-state index < -0.39 is 0 Å². The summed E-state index contributed by atoms with van der Waals surface area (Å²) in [5.41, 5.74) is 6.20. The van der Waals surface area contributed by atoms with Crippen molar-refractivity contribution in [1.82, 2.24) is 19.6 Å². The zero-order valence-corrected chi connectivity index (χ0v) is 27.1. The van der Waals surface area contributed by atoms with E-state index in [-0.39, 0.29) is 18.8 Å². The first kappa shape index (κ1) is 39.8. The smallest absolute Gasteiger partial charge is 0.323 e. The second-order valence-corrected chi connectivity index (χ2v) is 9.43. The molecule has 45 heavy (non-hydrogen) atoms. The first-order chi connectivity index (χ1) is 21.5. The lowest BCUT2D eigenvalue weighted by atomic mass is 10.2. The fraction of sp³-hybridized carbons (Fsp3) is 0.273. The maximum Gasteiger partial charge on any atom is 1.00 e. The zero-order valence-electron chi connectivity index (χ0n) is 28.1. The third kappa shape index (κ3) is 17.5. The van der Waals surface area contributed by atoms with Gasteiger partial charge < -0.3 is 15.4 Å². The quantitative estimate of drug-likeness (QED) is 0.114. The summed E-state index contributed by atoms with van der Waals surface area (Å²) < 4.78 is 1.93. The minimum absolute atomic E-state index is 0. The van der Waals surface area contributed by atoms with Crippen LogP contribution in [0, 0.1) is 13.8 Å². The zero-order chi connectivity index (χ0) is 34.2. The second kappa shape index (κ2) is 23.3. The number of rotatable bonds is 7. The van der Waals surface area contributed by atoms with E-state index in [1.807, 2.05) is 68.8 Å². The molecule has 0 fully saturated rings. The number of aromatic nitrogens is 4. The fourth-order valence-corrected chi connectivity index (χ4v) is 3.16. The summed E-state index contributed by atoms with van der Waals surface area (Å²) in [6, 6.07) is 20.9. The molecule has 0 saturated heterocycles. The summed E-state index contributed by atoms with van der Waals surface area (Å²) in [5.74, 6) is 13.2. The van der Waals surface area contributed by atoms with Gasteiger partial charge in [0.1, 0.15) is 17.3 Å². The molecule has 4 aromatic heterocycles. The molecule has 0 aromatic carbocycles. The summed E-state index contributed by atoms with van der Waals surface area (Å²) in [5, 5.41) is 8.07. The van der Waals surface area contributed by atoms with Crippen LogP contribution in [0.2, 0.25) is 0 Å². The molecule has 0 amide bonds. The molecular weight excluding hydrogens is 570 g/mol. The van der Waals surface area contributed by atoms with Crippen LogP contribution >= 0.6 is 0 Å². The van der Waals surface area contributed by atoms with Crippen molar-refractivity contribution in [2.45, 2.75) is 61.3 Å². The van der Waals surface area contributed by atoms with Crippen molar-refractivity contribution >= 4 is 28.8 Å². The van der Waals surface area contributed by atoms with Gasteiger partial charge in [0.25, 0.3) is 0 Å². The van der Waals surface area contributed by atoms with Crippen LogP contribution in [0.5, 0.6) is 0 Å². The van der Waals surface area contributed by atoms with E-state index in [0.717, 1.165) is 34.2 Å². The highest BCUT2D eigenvalue weighted by Crippen LogP contribution is 2.08. The number of hydrogen-bond acceptors (Lipinski definition) is 11. The van der Waals surface area contributed by atoms with Crippen LogP contribution in [-0.2, 0) is 9.59 Å². The Morgan fingerprint density at radius 2 is 1.02 bits per heavy atom. The normalized spacial score (nSPS) is 10.2. The predicted octanol–water partition coefficient (Wildman–Crippen LogP) is 4.70. The highest BCUT2D eigenvalue weighted by molar-refractivity contribution is 5.97. The Balaban J connectivity index is 0. The van der Waals surface area contributed by atoms with Crippen molar-refractivity contribution in [3.63, 3.8) is 0 Å². The molecule has 0 saturated carbocycles. The molecule has 0 aliphatic rings. The van der Waals surface area contributed by atoms with Crippen LogP contribution in [0.25, 0.3) is 0 Å². The standard InChI is InChI=1S/C13H15N3.C7H9N3.C7H7NO.C6H10O2.H4N2/c1-10-7-8-11(2)16(10)15-12(3)13-6-4-5-9-14-13;1-6(10-8)7-4-2-3-5-9-7;1-6(9)7-4-2-3-5-8-7;1-5(7)3-4-6(2)8;1-2/h4-9H,1-3H3;2-5H,8H2,1H3;2-5H,1H3;3-4H2,1-2H3;1-2H2/p+1/b15-12+;10-6+;;;. The minimum Gasteiger partial charge on any atom is -0.323 e. The number of hydrazone groups is 1. The van der Waals surface area contributed by atoms with Gasteiger partial charge in [-0.25, -0.2) is 4.68 Å². The SMILES string of the molecule is C/C(=N\N)c1ccccn1.C/C(=N\n1c(C)ccc1C)c1ccccn1.CC(=O)CCC(C)=O.CC(=O)c1ccccn1.NN.[H+]. The summed E-state index contributed by atoms with van der Waals surface area (Å²) in [6.07, 6.45) is 5.90. The largest absolute Gasteiger partial charge is 1.00 e. The van der Waals surface area contributed by atoms with E-state index in [9.17, 15) is 14.4 Å². The molecule has 0 bridgehead atoms. The number of carbonyl (C=O) groups excluding carboxylic acids is 3. The lowest BCUT2D eigenvalue weighted by Gasteiger charge is -2.04. The van der Waals surface area contributed by atoms with Gasteiger partial charge in [0.2, 0.25) is 0 Å². The van der Waals surface area contributed by atoms with Crippen LogP contribution in [0.4, 0.5) is 0 Å². The maximum atomic E-state index is 10.6. The molecule has 0 atom stereocenters. The number of carbonyl (C=O) groups is 3. The molecule has 0 aliphatic heterocycles. The van der Waals surface area contributed by atoms with Gasteiger partial charge >= 0.3 is 1.43 Å². The molecule has 240 valence electrons. The molecule has 12 nitrogen and oxygen atoms in total. The molecule has 0 aliphatic carbocycles. The highest BCUT2D eigenvalue weighted by atomic mass is 16.1. The van der Waals surface area contributed by atoms with Gasteiger partial charge in [-0.05, 0) is 90.1 Å². The van der Waals surface area contributed by atoms with Crippen LogP contribution in [0.15, 0.2) is 95.5 Å². The molecular formula is C33H46N9O3+. The Morgan fingerprint density at radius 1 is 0.644 bits per heavy atom. The number of ketones is 3. The average molecular weight is 617 g/mol. The number of pyridine rings is 3. The van der Waals surface area contributed by atoms with Gasteiger partial charge in [0, 0.05) is 49.7 Å². The van der Waals surface area contributed by atoms with Crippen molar-refractivity contribution in [3.05, 3.63) is 114 Å². The van der Waals surface area contributed by atoms with Gasteiger partial charge in [0.05, 0.1) is 22.8 Å². The maximum absolute atomic E-state index is 10.6. The number of hydrogen-bond donors (Lipinski definition) is 3. The van der Waals surface area contributed by atoms with Gasteiger partial charge in [-0.3, -0.25) is 31.4 Å². The van der Waals surface area contributed by atoms with Gasteiger partial charge in [0.15, 0.2) is 5.78 Å². The van der Waals surface area contributed by atoms with Crippen LogP contribution in [0.3, 0.4) is 0 Å². The number of nitrogens with two attached hydrogens (primary N) is 3. The molecule has 4 rings (SSSR count). The van der Waals surface area contributed by atoms with E-state index in [1.54, 1.807) is 36.8 Å². The van der Waals surface area contributed by atoms with Crippen LogP contribution < -0.4 is 17.5 Å². The van der Waals surface area contributed by atoms with Crippen molar-refractivity contribution in [2.24, 2.45) is 27.7 Å². The van der Waals surface area contributed by atoms with Crippen molar-refractivity contribution in [1.29, 1.82) is 0 Å². The Bertz CT molecular complexity index is 1460. The number of hydrazine groups is 1. The molecule has 4 aromatic rings. The van der Waals surface area contributed by atoms with Crippen molar-refractivity contribution in [2.75, 3.05) is 0 Å². The van der Waals surface area contributed by atoms with E-state index in [4.69, 9.17) is 5.84 Å². The average Bonchev–Trinajstić information content (AvgIpc) is 3.38. The number of nitrogens with zero attached hydrogens (tertiary/aromatic N) is 6. The van der Waals surface area contributed by atoms with E-state index in [1.165, 1.54) is 20.8 Å². The van der Waals surface area contributed by atoms with Crippen molar-refractivity contribution < 1.29 is 15.8 Å². The van der Waals surface area contributed by atoms with E-state index in [2.05, 4.69) is 49.0 Å². The molecule has 4 heterocycles. The molecule has 0 spiro atoms. The Hall–Kier alpha value is -5.20. The second-order valence-electron chi connectivity index (χ2n) is 9.43. The molecule has 0 unspecified atom stereocenters. The third-order valence-electron chi connectivity index (χ3n) is 5.60. The van der Waals surface area contributed by atoms with Gasteiger partial charge in [-0.1, -0.05) is 18.2 Å². The fourth-order valence-electron chi connectivity index (χ4n) is 3.16.